The first-order valence-corrected chi connectivity index (χ1v) is 8.18. The first-order valence-electron chi connectivity index (χ1n) is 8.18. The van der Waals surface area contributed by atoms with Gasteiger partial charge in [-0.05, 0) is 44.7 Å². The van der Waals surface area contributed by atoms with Crippen molar-refractivity contribution in [2.75, 3.05) is 18.5 Å². The average molecular weight is 332 g/mol. The van der Waals surface area contributed by atoms with Crippen molar-refractivity contribution in [1.82, 2.24) is 5.32 Å². The number of anilines is 1. The highest BCUT2D eigenvalue weighted by molar-refractivity contribution is 5.96. The Morgan fingerprint density at radius 1 is 1.08 bits per heavy atom. The molecule has 2 N–H and O–H groups in total. The van der Waals surface area contributed by atoms with Gasteiger partial charge >= 0.3 is 5.97 Å². The van der Waals surface area contributed by atoms with E-state index in [2.05, 4.69) is 10.6 Å². The topological polar surface area (TPSA) is 84.5 Å². The van der Waals surface area contributed by atoms with Crippen molar-refractivity contribution in [1.29, 1.82) is 0 Å². The molecule has 0 atom stereocenters. The van der Waals surface area contributed by atoms with E-state index in [1.807, 2.05) is 32.9 Å². The fourth-order valence-electron chi connectivity index (χ4n) is 2.69. The number of ether oxygens (including phenoxy) is 1. The van der Waals surface area contributed by atoms with Crippen LogP contribution in [0.1, 0.15) is 36.0 Å². The highest BCUT2D eigenvalue weighted by Crippen LogP contribution is 2.27. The summed E-state index contributed by atoms with van der Waals surface area (Å²) in [5, 5.41) is 5.26. The van der Waals surface area contributed by atoms with Gasteiger partial charge in [-0.25, -0.2) is 0 Å². The predicted molar refractivity (Wildman–Crippen MR) is 90.6 cm³/mol. The number of nitrogens with one attached hydrogen (secondary N) is 2. The summed E-state index contributed by atoms with van der Waals surface area (Å²) in [5.41, 5.74) is 3.84. The molecule has 1 saturated carbocycles. The number of esters is 1. The van der Waals surface area contributed by atoms with E-state index in [0.29, 0.717) is 0 Å². The van der Waals surface area contributed by atoms with Crippen molar-refractivity contribution in [3.63, 3.8) is 0 Å². The number of rotatable bonds is 6. The van der Waals surface area contributed by atoms with Crippen LogP contribution in [0, 0.1) is 26.7 Å². The van der Waals surface area contributed by atoms with E-state index in [-0.39, 0.29) is 30.9 Å². The van der Waals surface area contributed by atoms with Crippen molar-refractivity contribution < 1.29 is 19.1 Å². The van der Waals surface area contributed by atoms with E-state index in [9.17, 15) is 14.4 Å². The van der Waals surface area contributed by atoms with Crippen LogP contribution < -0.4 is 10.6 Å². The maximum atomic E-state index is 12.0. The molecule has 0 saturated heterocycles. The Labute approximate surface area is 142 Å². The molecule has 1 aromatic carbocycles. The zero-order valence-corrected chi connectivity index (χ0v) is 14.4. The molecule has 0 spiro atoms. The van der Waals surface area contributed by atoms with E-state index in [1.54, 1.807) is 0 Å². The Balaban J connectivity index is 1.74. The lowest BCUT2D eigenvalue weighted by Gasteiger charge is -2.22. The number of aryl methyl sites for hydroxylation is 3. The molecule has 1 aliphatic carbocycles. The SMILES string of the molecule is Cc1cc(C)c(NC(=O)CNC(=O)COC(=O)C2CCC2)c(C)c1. The molecule has 130 valence electrons. The molecule has 24 heavy (non-hydrogen) atoms. The summed E-state index contributed by atoms with van der Waals surface area (Å²) in [6.07, 6.45) is 2.69. The molecule has 2 amide bonds. The molecule has 6 heteroatoms. The minimum absolute atomic E-state index is 0.0615. The van der Waals surface area contributed by atoms with Gasteiger partial charge in [0.1, 0.15) is 0 Å². The molecular weight excluding hydrogens is 308 g/mol. The number of benzene rings is 1. The summed E-state index contributed by atoms with van der Waals surface area (Å²) in [6.45, 7) is 5.34. The zero-order valence-electron chi connectivity index (χ0n) is 14.4. The quantitative estimate of drug-likeness (QED) is 0.781. The third-order valence-electron chi connectivity index (χ3n) is 4.17. The second-order valence-corrected chi connectivity index (χ2v) is 6.33. The molecule has 0 radical (unpaired) electrons. The fourth-order valence-corrected chi connectivity index (χ4v) is 2.69. The van der Waals surface area contributed by atoms with Crippen LogP contribution in [0.25, 0.3) is 0 Å². The predicted octanol–water partition coefficient (Wildman–Crippen LogP) is 2.01. The van der Waals surface area contributed by atoms with Gasteiger partial charge in [0, 0.05) is 5.69 Å². The van der Waals surface area contributed by atoms with Gasteiger partial charge in [0.05, 0.1) is 12.5 Å². The summed E-state index contributed by atoms with van der Waals surface area (Å²) in [6, 6.07) is 3.97. The zero-order chi connectivity index (χ0) is 17.7. The summed E-state index contributed by atoms with van der Waals surface area (Å²) < 4.78 is 4.93. The Hall–Kier alpha value is -2.37. The Morgan fingerprint density at radius 2 is 1.71 bits per heavy atom. The molecule has 1 fully saturated rings. The van der Waals surface area contributed by atoms with E-state index in [4.69, 9.17) is 4.74 Å². The van der Waals surface area contributed by atoms with Gasteiger partial charge in [-0.3, -0.25) is 14.4 Å². The van der Waals surface area contributed by atoms with Gasteiger partial charge in [0.15, 0.2) is 6.61 Å². The molecule has 0 unspecified atom stereocenters. The number of hydrogen-bond donors (Lipinski definition) is 2. The maximum Gasteiger partial charge on any atom is 0.309 e. The largest absolute Gasteiger partial charge is 0.455 e. The molecule has 0 heterocycles. The third kappa shape index (κ3) is 4.81. The van der Waals surface area contributed by atoms with E-state index in [1.165, 1.54) is 0 Å². The van der Waals surface area contributed by atoms with Crippen molar-refractivity contribution in [2.24, 2.45) is 5.92 Å². The van der Waals surface area contributed by atoms with Gasteiger partial charge in [-0.15, -0.1) is 0 Å². The van der Waals surface area contributed by atoms with Crippen LogP contribution in [-0.2, 0) is 19.1 Å². The highest BCUT2D eigenvalue weighted by Gasteiger charge is 2.27. The summed E-state index contributed by atoms with van der Waals surface area (Å²) >= 11 is 0. The average Bonchev–Trinajstić information content (AvgIpc) is 2.45. The van der Waals surface area contributed by atoms with Crippen molar-refractivity contribution >= 4 is 23.5 Å². The standard InChI is InChI=1S/C18H24N2O4/c1-11-7-12(2)17(13(3)8-11)20-15(21)9-19-16(22)10-24-18(23)14-5-4-6-14/h7-8,14H,4-6,9-10H2,1-3H3,(H,19,22)(H,20,21). The lowest BCUT2D eigenvalue weighted by atomic mass is 9.86. The molecule has 0 aromatic heterocycles. The monoisotopic (exact) mass is 332 g/mol. The van der Waals surface area contributed by atoms with Crippen molar-refractivity contribution in [2.45, 2.75) is 40.0 Å². The molecule has 0 bridgehead atoms. The number of amides is 2. The minimum Gasteiger partial charge on any atom is -0.455 e. The Morgan fingerprint density at radius 3 is 2.25 bits per heavy atom. The first-order chi connectivity index (χ1) is 11.4. The van der Waals surface area contributed by atoms with Crippen LogP contribution in [0.3, 0.4) is 0 Å². The maximum absolute atomic E-state index is 12.0. The highest BCUT2D eigenvalue weighted by atomic mass is 16.5. The first kappa shape index (κ1) is 18.0. The lowest BCUT2D eigenvalue weighted by molar-refractivity contribution is -0.155. The number of carbonyl (C=O) groups is 3. The minimum atomic E-state index is -0.477. The normalized spacial score (nSPS) is 13.8. The second kappa shape index (κ2) is 7.95. The second-order valence-electron chi connectivity index (χ2n) is 6.33. The summed E-state index contributed by atoms with van der Waals surface area (Å²) in [5.74, 6) is -1.18. The van der Waals surface area contributed by atoms with Crippen molar-refractivity contribution in [3.8, 4) is 0 Å². The fraction of sp³-hybridized carbons (Fsp3) is 0.500. The Kier molecular flexibility index (Phi) is 5.95. The Bertz CT molecular complexity index is 627. The van der Waals surface area contributed by atoms with Gasteiger partial charge in [0.25, 0.3) is 5.91 Å². The van der Waals surface area contributed by atoms with E-state index >= 15 is 0 Å². The lowest BCUT2D eigenvalue weighted by Crippen LogP contribution is -2.36. The number of carbonyl (C=O) groups excluding carboxylic acids is 3. The van der Waals surface area contributed by atoms with Crippen LogP contribution in [-0.4, -0.2) is 30.9 Å². The third-order valence-corrected chi connectivity index (χ3v) is 4.17. The van der Waals surface area contributed by atoms with Gasteiger partial charge in [0.2, 0.25) is 5.91 Å². The van der Waals surface area contributed by atoms with Gasteiger partial charge in [-0.2, -0.15) is 0 Å². The van der Waals surface area contributed by atoms with Crippen LogP contribution in [0.4, 0.5) is 5.69 Å². The molecular formula is C18H24N2O4. The van der Waals surface area contributed by atoms with E-state index < -0.39 is 5.91 Å². The summed E-state index contributed by atoms with van der Waals surface area (Å²) in [7, 11) is 0. The van der Waals surface area contributed by atoms with Crippen LogP contribution in [0.5, 0.6) is 0 Å². The molecule has 1 aliphatic rings. The molecule has 0 aliphatic heterocycles. The van der Waals surface area contributed by atoms with Gasteiger partial charge < -0.3 is 15.4 Å². The van der Waals surface area contributed by atoms with Gasteiger partial charge in [-0.1, -0.05) is 24.1 Å². The van der Waals surface area contributed by atoms with Crippen LogP contribution >= 0.6 is 0 Å². The molecule has 6 nitrogen and oxygen atoms in total. The van der Waals surface area contributed by atoms with Crippen LogP contribution in [0.15, 0.2) is 12.1 Å². The molecule has 2 rings (SSSR count). The number of hydrogen-bond acceptors (Lipinski definition) is 4. The molecule has 1 aromatic rings. The van der Waals surface area contributed by atoms with E-state index in [0.717, 1.165) is 41.6 Å². The summed E-state index contributed by atoms with van der Waals surface area (Å²) in [4.78, 5) is 35.1. The van der Waals surface area contributed by atoms with Crippen molar-refractivity contribution in [3.05, 3.63) is 28.8 Å². The smallest absolute Gasteiger partial charge is 0.309 e. The van der Waals surface area contributed by atoms with Crippen LogP contribution in [0.2, 0.25) is 0 Å².